The Bertz CT molecular complexity index is 1780. The molecule has 5 aromatic rings. The summed E-state index contributed by atoms with van der Waals surface area (Å²) in [6.07, 6.45) is 1.24. The summed E-state index contributed by atoms with van der Waals surface area (Å²) >= 11 is 6.10. The van der Waals surface area contributed by atoms with Gasteiger partial charge in [0.1, 0.15) is 17.4 Å². The number of fused-ring (bicyclic) bond motifs is 2. The third kappa shape index (κ3) is 4.26. The van der Waals surface area contributed by atoms with Crippen molar-refractivity contribution in [2.45, 2.75) is 0 Å². The van der Waals surface area contributed by atoms with Crippen molar-refractivity contribution >= 4 is 45.4 Å². The average molecular weight is 500 g/mol. The largest absolute Gasteiger partial charge is 0.478 e. The number of rotatable bonds is 6. The zero-order chi connectivity index (χ0) is 25.2. The summed E-state index contributed by atoms with van der Waals surface area (Å²) in [4.78, 5) is 28.7. The quantitative estimate of drug-likeness (QED) is 0.179. The van der Waals surface area contributed by atoms with Gasteiger partial charge in [-0.25, -0.2) is 4.98 Å². The van der Waals surface area contributed by atoms with Gasteiger partial charge < -0.3 is 9.15 Å². The molecule has 2 aromatic heterocycles. The molecule has 0 fully saturated rings. The number of furan rings is 1. The summed E-state index contributed by atoms with van der Waals surface area (Å²) in [5.41, 5.74) is 0.491. The number of nitrogens with zero attached hydrogens (tertiary/aromatic N) is 5. The van der Waals surface area contributed by atoms with Crippen molar-refractivity contribution in [2.24, 2.45) is 5.10 Å². The van der Waals surface area contributed by atoms with E-state index in [1.165, 1.54) is 24.4 Å². The van der Waals surface area contributed by atoms with Gasteiger partial charge in [0.15, 0.2) is 12.4 Å². The molecule has 10 nitrogen and oxygen atoms in total. The van der Waals surface area contributed by atoms with Crippen LogP contribution in [-0.2, 0) is 0 Å². The molecular formula is C25H14ClN5O5. The molecule has 0 bridgehead atoms. The van der Waals surface area contributed by atoms with E-state index in [2.05, 4.69) is 10.1 Å². The van der Waals surface area contributed by atoms with Crippen molar-refractivity contribution in [2.75, 3.05) is 6.61 Å². The predicted molar refractivity (Wildman–Crippen MR) is 133 cm³/mol. The minimum absolute atomic E-state index is 0.118. The van der Waals surface area contributed by atoms with Crippen LogP contribution in [-0.4, -0.2) is 27.4 Å². The molecule has 11 heteroatoms. The molecular weight excluding hydrogens is 486 g/mol. The Kier molecular flexibility index (Phi) is 5.90. The van der Waals surface area contributed by atoms with Gasteiger partial charge in [-0.3, -0.25) is 14.9 Å². The van der Waals surface area contributed by atoms with Gasteiger partial charge in [0, 0.05) is 28.1 Å². The van der Waals surface area contributed by atoms with Crippen LogP contribution in [0, 0.1) is 21.4 Å². The van der Waals surface area contributed by atoms with E-state index in [9.17, 15) is 14.9 Å². The number of nitro benzene ring substituents is 1. The van der Waals surface area contributed by atoms with Crippen LogP contribution in [0.25, 0.3) is 33.5 Å². The maximum atomic E-state index is 13.4. The van der Waals surface area contributed by atoms with Gasteiger partial charge in [0.05, 0.1) is 22.0 Å². The fourth-order valence-electron chi connectivity index (χ4n) is 3.63. The lowest BCUT2D eigenvalue weighted by Gasteiger charge is -2.08. The Morgan fingerprint density at radius 2 is 2.03 bits per heavy atom. The van der Waals surface area contributed by atoms with E-state index in [0.717, 1.165) is 4.68 Å². The topological polar surface area (TPSA) is 137 Å². The van der Waals surface area contributed by atoms with Gasteiger partial charge >= 0.3 is 0 Å². The zero-order valence-electron chi connectivity index (χ0n) is 18.3. The number of nitro groups is 1. The molecule has 0 saturated heterocycles. The Balaban J connectivity index is 1.71. The first-order valence-corrected chi connectivity index (χ1v) is 10.9. The number of para-hydroxylation sites is 1. The van der Waals surface area contributed by atoms with E-state index in [-0.39, 0.29) is 35.2 Å². The molecule has 2 heterocycles. The highest BCUT2D eigenvalue weighted by Crippen LogP contribution is 2.29. The molecule has 0 saturated carbocycles. The van der Waals surface area contributed by atoms with Crippen LogP contribution in [0.4, 0.5) is 5.69 Å². The van der Waals surface area contributed by atoms with Crippen LogP contribution >= 0.6 is 11.6 Å². The summed E-state index contributed by atoms with van der Waals surface area (Å²) < 4.78 is 12.3. The van der Waals surface area contributed by atoms with Gasteiger partial charge in [-0.1, -0.05) is 23.7 Å². The Morgan fingerprint density at radius 3 is 2.83 bits per heavy atom. The van der Waals surface area contributed by atoms with E-state index in [4.69, 9.17) is 26.0 Å². The lowest BCUT2D eigenvalue weighted by molar-refractivity contribution is -0.384. The first-order chi connectivity index (χ1) is 17.4. The van der Waals surface area contributed by atoms with Crippen LogP contribution in [0.1, 0.15) is 5.56 Å². The van der Waals surface area contributed by atoms with Crippen molar-refractivity contribution in [3.05, 3.63) is 97.8 Å². The molecule has 0 atom stereocenters. The summed E-state index contributed by atoms with van der Waals surface area (Å²) in [7, 11) is 0. The second-order valence-corrected chi connectivity index (χ2v) is 7.97. The summed E-state index contributed by atoms with van der Waals surface area (Å²) in [5.74, 6) is 0.576. The van der Waals surface area contributed by atoms with Crippen LogP contribution in [0.5, 0.6) is 5.75 Å². The molecule has 3 aromatic carbocycles. The smallest absolute Gasteiger partial charge is 0.282 e. The van der Waals surface area contributed by atoms with E-state index >= 15 is 0 Å². The van der Waals surface area contributed by atoms with Crippen molar-refractivity contribution < 1.29 is 14.1 Å². The first-order valence-electron chi connectivity index (χ1n) is 10.5. The van der Waals surface area contributed by atoms with Crippen molar-refractivity contribution in [1.29, 1.82) is 5.26 Å². The highest BCUT2D eigenvalue weighted by molar-refractivity contribution is 6.31. The highest BCUT2D eigenvalue weighted by Gasteiger charge is 2.17. The fraction of sp³-hybridized carbons (Fsp3) is 0.0400. The predicted octanol–water partition coefficient (Wildman–Crippen LogP) is 5.16. The van der Waals surface area contributed by atoms with E-state index in [0.29, 0.717) is 26.9 Å². The molecule has 0 amide bonds. The summed E-state index contributed by atoms with van der Waals surface area (Å²) in [5, 5.41) is 26.0. The second kappa shape index (κ2) is 9.32. The SMILES string of the molecule is N#CCOc1ccc([N+](=O)[O-])cc1C=Nn1c(-c2cc3cc(Cl)ccc3o2)nc2ccccc2c1=O. The third-order valence-corrected chi connectivity index (χ3v) is 5.50. The lowest BCUT2D eigenvalue weighted by Crippen LogP contribution is -2.20. The van der Waals surface area contributed by atoms with E-state index in [1.807, 2.05) is 6.07 Å². The third-order valence-electron chi connectivity index (χ3n) is 5.26. The molecule has 0 aliphatic heterocycles. The number of hydrogen-bond donors (Lipinski definition) is 0. The molecule has 176 valence electrons. The van der Waals surface area contributed by atoms with E-state index in [1.54, 1.807) is 48.5 Å². The van der Waals surface area contributed by atoms with Crippen molar-refractivity contribution in [1.82, 2.24) is 9.66 Å². The molecule has 0 radical (unpaired) electrons. The summed E-state index contributed by atoms with van der Waals surface area (Å²) in [6, 6.07) is 19.3. The monoisotopic (exact) mass is 499 g/mol. The Morgan fingerprint density at radius 1 is 1.19 bits per heavy atom. The molecule has 0 aliphatic rings. The average Bonchev–Trinajstić information content (AvgIpc) is 3.30. The minimum Gasteiger partial charge on any atom is -0.478 e. The highest BCUT2D eigenvalue weighted by atomic mass is 35.5. The number of aromatic nitrogens is 2. The van der Waals surface area contributed by atoms with Gasteiger partial charge in [-0.05, 0) is 42.5 Å². The molecule has 0 aliphatic carbocycles. The minimum atomic E-state index is -0.569. The Labute approximate surface area is 207 Å². The number of nitriles is 1. The first kappa shape index (κ1) is 22.8. The number of non-ortho nitro benzene ring substituents is 1. The summed E-state index contributed by atoms with van der Waals surface area (Å²) in [6.45, 7) is -0.275. The lowest BCUT2D eigenvalue weighted by atomic mass is 10.2. The van der Waals surface area contributed by atoms with Crippen molar-refractivity contribution in [3.63, 3.8) is 0 Å². The van der Waals surface area contributed by atoms with Crippen molar-refractivity contribution in [3.8, 4) is 23.4 Å². The molecule has 0 unspecified atom stereocenters. The van der Waals surface area contributed by atoms with Gasteiger partial charge in [-0.2, -0.15) is 15.0 Å². The number of hydrogen-bond acceptors (Lipinski definition) is 8. The normalized spacial score (nSPS) is 11.2. The second-order valence-electron chi connectivity index (χ2n) is 7.53. The van der Waals surface area contributed by atoms with Crippen LogP contribution in [0.3, 0.4) is 0 Å². The van der Waals surface area contributed by atoms with Gasteiger partial charge in [0.2, 0.25) is 5.82 Å². The number of ether oxygens (including phenoxy) is 1. The number of benzene rings is 3. The maximum absolute atomic E-state index is 13.4. The molecule has 0 N–H and O–H groups in total. The number of halogens is 1. The Hall–Kier alpha value is -5.01. The molecule has 5 rings (SSSR count). The fourth-order valence-corrected chi connectivity index (χ4v) is 3.81. The van der Waals surface area contributed by atoms with Crippen LogP contribution in [0.15, 0.2) is 81.0 Å². The zero-order valence-corrected chi connectivity index (χ0v) is 19.0. The van der Waals surface area contributed by atoms with Crippen LogP contribution < -0.4 is 10.3 Å². The van der Waals surface area contributed by atoms with E-state index < -0.39 is 10.5 Å². The van der Waals surface area contributed by atoms with Crippen LogP contribution in [0.2, 0.25) is 5.02 Å². The molecule has 36 heavy (non-hydrogen) atoms. The molecule has 0 spiro atoms. The maximum Gasteiger partial charge on any atom is 0.282 e. The standard InChI is InChI=1S/C25H14ClN5O5/c26-17-5-7-22-15(11-17)13-23(36-22)24-29-20-4-2-1-3-19(20)25(32)30(24)28-14-16-12-18(31(33)34)6-8-21(16)35-10-9-27/h1-8,11-14H,10H2. The van der Waals surface area contributed by atoms with Gasteiger partial charge in [-0.15, -0.1) is 0 Å². The van der Waals surface area contributed by atoms with Gasteiger partial charge in [0.25, 0.3) is 11.2 Å².